The molecule has 7 heteroatoms. The summed E-state index contributed by atoms with van der Waals surface area (Å²) in [6.45, 7) is 1.19. The lowest BCUT2D eigenvalue weighted by atomic mass is 10.1. The summed E-state index contributed by atoms with van der Waals surface area (Å²) in [6, 6.07) is 16.9. The second kappa shape index (κ2) is 10.2. The number of urea groups is 1. The predicted molar refractivity (Wildman–Crippen MR) is 112 cm³/mol. The average Bonchev–Trinajstić information content (AvgIpc) is 2.69. The van der Waals surface area contributed by atoms with E-state index in [1.807, 2.05) is 18.2 Å². The molecule has 0 aliphatic heterocycles. The van der Waals surface area contributed by atoms with Gasteiger partial charge in [0.1, 0.15) is 0 Å². The number of hydrogen-bond donors (Lipinski definition) is 1. The van der Waals surface area contributed by atoms with Crippen LogP contribution in [-0.2, 0) is 22.9 Å². The predicted octanol–water partition coefficient (Wildman–Crippen LogP) is 2.75. The number of rotatable bonds is 9. The topological polar surface area (TPSA) is 69.7 Å². The number of aryl methyl sites for hydroxylation is 1. The van der Waals surface area contributed by atoms with Crippen LogP contribution in [0.5, 0.6) is 0 Å². The van der Waals surface area contributed by atoms with Crippen molar-refractivity contribution in [1.82, 2.24) is 14.5 Å². The van der Waals surface area contributed by atoms with E-state index in [1.54, 1.807) is 36.2 Å². The molecule has 1 N–H and O–H groups in total. The fourth-order valence-corrected chi connectivity index (χ4v) is 3.66. The Hall–Kier alpha value is -2.38. The van der Waals surface area contributed by atoms with Crippen molar-refractivity contribution < 1.29 is 13.2 Å². The van der Waals surface area contributed by atoms with Crippen molar-refractivity contribution in [1.29, 1.82) is 0 Å². The third kappa shape index (κ3) is 6.35. The van der Waals surface area contributed by atoms with Gasteiger partial charge in [-0.2, -0.15) is 0 Å². The van der Waals surface area contributed by atoms with Crippen LogP contribution in [0.3, 0.4) is 0 Å². The number of benzene rings is 2. The molecule has 0 fully saturated rings. The van der Waals surface area contributed by atoms with Gasteiger partial charge in [-0.05, 0) is 42.5 Å². The monoisotopic (exact) mass is 403 g/mol. The van der Waals surface area contributed by atoms with Crippen molar-refractivity contribution >= 4 is 16.1 Å². The van der Waals surface area contributed by atoms with Crippen LogP contribution in [0, 0.1) is 0 Å². The summed E-state index contributed by atoms with van der Waals surface area (Å²) in [6.07, 6.45) is 2.50. The fourth-order valence-electron chi connectivity index (χ4n) is 2.75. The van der Waals surface area contributed by atoms with Crippen LogP contribution in [0.2, 0.25) is 0 Å². The lowest BCUT2D eigenvalue weighted by Crippen LogP contribution is -2.38. The number of carbonyl (C=O) groups excluding carboxylic acids is 1. The summed E-state index contributed by atoms with van der Waals surface area (Å²) in [5, 5.41) is 2.90. The molecule has 6 nitrogen and oxygen atoms in total. The number of nitrogens with one attached hydrogen (secondary N) is 1. The van der Waals surface area contributed by atoms with Crippen LogP contribution in [0.1, 0.15) is 17.5 Å². The number of nitrogens with zero attached hydrogens (tertiary/aromatic N) is 2. The van der Waals surface area contributed by atoms with Crippen LogP contribution < -0.4 is 5.32 Å². The Morgan fingerprint density at radius 1 is 0.893 bits per heavy atom. The summed E-state index contributed by atoms with van der Waals surface area (Å²) in [5.41, 5.74) is 2.25. The van der Waals surface area contributed by atoms with Gasteiger partial charge < -0.3 is 10.2 Å². The Bertz CT molecular complexity index is 850. The Morgan fingerprint density at radius 3 is 2.11 bits per heavy atom. The lowest BCUT2D eigenvalue weighted by molar-refractivity contribution is 0.208. The van der Waals surface area contributed by atoms with Gasteiger partial charge in [0.25, 0.3) is 0 Å². The van der Waals surface area contributed by atoms with E-state index >= 15 is 0 Å². The summed E-state index contributed by atoms with van der Waals surface area (Å²) in [7, 11) is 1.40. The molecule has 2 amide bonds. The second-order valence-electron chi connectivity index (χ2n) is 6.92. The maximum Gasteiger partial charge on any atom is 0.317 e. The van der Waals surface area contributed by atoms with Crippen molar-refractivity contribution in [2.45, 2.75) is 24.2 Å². The molecular weight excluding hydrogens is 374 g/mol. The Morgan fingerprint density at radius 2 is 1.50 bits per heavy atom. The summed E-state index contributed by atoms with van der Waals surface area (Å²) in [5.74, 6) is 0. The lowest BCUT2D eigenvalue weighted by Gasteiger charge is -2.18. The molecule has 152 valence electrons. The van der Waals surface area contributed by atoms with E-state index in [0.717, 1.165) is 18.4 Å². The minimum Gasteiger partial charge on any atom is -0.338 e. The van der Waals surface area contributed by atoms with Gasteiger partial charge in [0.15, 0.2) is 0 Å². The van der Waals surface area contributed by atoms with Crippen molar-refractivity contribution in [3.63, 3.8) is 0 Å². The first-order valence-corrected chi connectivity index (χ1v) is 10.8. The average molecular weight is 404 g/mol. The summed E-state index contributed by atoms with van der Waals surface area (Å²) < 4.78 is 25.3. The van der Waals surface area contributed by atoms with Gasteiger partial charge in [-0.25, -0.2) is 17.5 Å². The van der Waals surface area contributed by atoms with Crippen LogP contribution in [0.15, 0.2) is 59.5 Å². The van der Waals surface area contributed by atoms with Gasteiger partial charge >= 0.3 is 6.03 Å². The molecule has 2 rings (SSSR count). The molecule has 0 radical (unpaired) electrons. The molecule has 0 aromatic heterocycles. The Balaban J connectivity index is 1.72. The molecule has 2 aromatic carbocycles. The Labute approximate surface area is 168 Å². The number of amides is 2. The molecule has 2 aromatic rings. The van der Waals surface area contributed by atoms with Crippen LogP contribution in [-0.4, -0.2) is 57.9 Å². The maximum atomic E-state index is 12.2. The molecule has 0 saturated heterocycles. The van der Waals surface area contributed by atoms with Crippen molar-refractivity contribution in [3.8, 4) is 0 Å². The van der Waals surface area contributed by atoms with Gasteiger partial charge in [0.05, 0.1) is 4.90 Å². The zero-order valence-electron chi connectivity index (χ0n) is 16.8. The molecule has 28 heavy (non-hydrogen) atoms. The minimum atomic E-state index is -3.41. The quantitative estimate of drug-likeness (QED) is 0.700. The maximum absolute atomic E-state index is 12.2. The molecular formula is C21H29N3O3S. The molecule has 0 atom stereocenters. The molecule has 0 unspecified atom stereocenters. The molecule has 0 bridgehead atoms. The van der Waals surface area contributed by atoms with Crippen molar-refractivity contribution in [2.24, 2.45) is 0 Å². The van der Waals surface area contributed by atoms with E-state index in [0.29, 0.717) is 19.5 Å². The van der Waals surface area contributed by atoms with Gasteiger partial charge in [-0.1, -0.05) is 42.5 Å². The van der Waals surface area contributed by atoms with E-state index in [1.165, 1.54) is 24.0 Å². The van der Waals surface area contributed by atoms with Crippen LogP contribution in [0.25, 0.3) is 0 Å². The highest BCUT2D eigenvalue weighted by Crippen LogP contribution is 2.14. The molecule has 0 spiro atoms. The van der Waals surface area contributed by atoms with Gasteiger partial charge in [0.2, 0.25) is 10.0 Å². The van der Waals surface area contributed by atoms with E-state index in [-0.39, 0.29) is 10.9 Å². The zero-order chi connectivity index (χ0) is 20.6. The smallest absolute Gasteiger partial charge is 0.317 e. The van der Waals surface area contributed by atoms with Crippen LogP contribution >= 0.6 is 0 Å². The first-order chi connectivity index (χ1) is 13.3. The third-order valence-electron chi connectivity index (χ3n) is 4.54. The first-order valence-electron chi connectivity index (χ1n) is 9.35. The number of hydrogen-bond acceptors (Lipinski definition) is 3. The van der Waals surface area contributed by atoms with E-state index < -0.39 is 10.0 Å². The molecule has 0 aliphatic carbocycles. The second-order valence-corrected chi connectivity index (χ2v) is 9.08. The molecule has 0 heterocycles. The van der Waals surface area contributed by atoms with E-state index in [4.69, 9.17) is 0 Å². The van der Waals surface area contributed by atoms with Crippen molar-refractivity contribution in [2.75, 3.05) is 34.2 Å². The SMILES string of the molecule is CN(CCCc1ccccc1)C(=O)NCCc1ccc(S(=O)(=O)N(C)C)cc1. The fraction of sp³-hybridized carbons (Fsp3) is 0.381. The van der Waals surface area contributed by atoms with E-state index in [9.17, 15) is 13.2 Å². The zero-order valence-corrected chi connectivity index (χ0v) is 17.6. The van der Waals surface area contributed by atoms with Gasteiger partial charge in [-0.3, -0.25) is 0 Å². The van der Waals surface area contributed by atoms with Gasteiger partial charge in [0, 0.05) is 34.2 Å². The molecule has 0 saturated carbocycles. The van der Waals surface area contributed by atoms with Crippen LogP contribution in [0.4, 0.5) is 4.79 Å². The highest BCUT2D eigenvalue weighted by atomic mass is 32.2. The minimum absolute atomic E-state index is 0.0973. The normalized spacial score (nSPS) is 11.4. The van der Waals surface area contributed by atoms with Gasteiger partial charge in [-0.15, -0.1) is 0 Å². The summed E-state index contributed by atoms with van der Waals surface area (Å²) in [4.78, 5) is 14.1. The Kier molecular flexibility index (Phi) is 8.02. The largest absolute Gasteiger partial charge is 0.338 e. The number of carbonyl (C=O) groups is 1. The van der Waals surface area contributed by atoms with E-state index in [2.05, 4.69) is 17.4 Å². The highest BCUT2D eigenvalue weighted by molar-refractivity contribution is 7.89. The summed E-state index contributed by atoms with van der Waals surface area (Å²) >= 11 is 0. The third-order valence-corrected chi connectivity index (χ3v) is 6.37. The highest BCUT2D eigenvalue weighted by Gasteiger charge is 2.16. The molecule has 0 aliphatic rings. The van der Waals surface area contributed by atoms with Crippen molar-refractivity contribution in [3.05, 3.63) is 65.7 Å². The number of sulfonamides is 1. The first kappa shape index (κ1) is 21.9. The standard InChI is InChI=1S/C21H29N3O3S/c1-23(2)28(26,27)20-13-11-19(12-14-20)15-16-22-21(25)24(3)17-7-10-18-8-5-4-6-9-18/h4-6,8-9,11-14H,7,10,15-17H2,1-3H3,(H,22,25).